The van der Waals surface area contributed by atoms with Gasteiger partial charge in [-0.25, -0.2) is 8.42 Å². The average Bonchev–Trinajstić information content (AvgIpc) is 3.00. The average molecular weight is 471 g/mol. The highest BCUT2D eigenvalue weighted by molar-refractivity contribution is 7.89. The first-order chi connectivity index (χ1) is 14.4. The molecule has 2 aliphatic heterocycles. The number of hydrogen-bond acceptors (Lipinski definition) is 5. The maximum atomic E-state index is 13.1. The summed E-state index contributed by atoms with van der Waals surface area (Å²) in [6.45, 7) is 1.97. The molecule has 2 aromatic rings. The van der Waals surface area contributed by atoms with E-state index < -0.39 is 10.0 Å². The minimum atomic E-state index is -3.71. The summed E-state index contributed by atoms with van der Waals surface area (Å²) in [6.07, 6.45) is 0.742. The van der Waals surface area contributed by atoms with E-state index in [0.717, 1.165) is 6.42 Å². The number of sulfonamides is 1. The maximum absolute atomic E-state index is 13.1. The second-order valence-electron chi connectivity index (χ2n) is 6.98. The second kappa shape index (κ2) is 8.63. The van der Waals surface area contributed by atoms with Crippen LogP contribution in [-0.4, -0.2) is 62.9 Å². The van der Waals surface area contributed by atoms with Gasteiger partial charge in [-0.1, -0.05) is 23.2 Å². The number of fused-ring (bicyclic) bond motifs is 1. The second-order valence-corrected chi connectivity index (χ2v) is 9.74. The summed E-state index contributed by atoms with van der Waals surface area (Å²) in [5, 5.41) is 0.678. The molecule has 0 aromatic heterocycles. The zero-order valence-electron chi connectivity index (χ0n) is 16.0. The van der Waals surface area contributed by atoms with E-state index >= 15 is 0 Å². The van der Waals surface area contributed by atoms with Gasteiger partial charge in [0.15, 0.2) is 11.5 Å². The number of halogens is 2. The topological polar surface area (TPSA) is 76.2 Å². The van der Waals surface area contributed by atoms with Gasteiger partial charge in [-0.15, -0.1) is 0 Å². The Bertz CT molecular complexity index is 1070. The van der Waals surface area contributed by atoms with E-state index in [-0.39, 0.29) is 37.0 Å². The van der Waals surface area contributed by atoms with Crippen molar-refractivity contribution < 1.29 is 22.7 Å². The van der Waals surface area contributed by atoms with E-state index in [1.54, 1.807) is 23.1 Å². The lowest BCUT2D eigenvalue weighted by Crippen LogP contribution is -2.50. The Balaban J connectivity index is 1.46. The van der Waals surface area contributed by atoms with Crippen molar-refractivity contribution in [1.82, 2.24) is 9.21 Å². The summed E-state index contributed by atoms with van der Waals surface area (Å²) in [4.78, 5) is 14.5. The van der Waals surface area contributed by atoms with E-state index in [9.17, 15) is 13.2 Å². The molecule has 4 rings (SSSR count). The van der Waals surface area contributed by atoms with Gasteiger partial charge in [0.05, 0.1) is 28.2 Å². The fourth-order valence-electron chi connectivity index (χ4n) is 3.40. The number of benzene rings is 2. The third kappa shape index (κ3) is 4.23. The van der Waals surface area contributed by atoms with Gasteiger partial charge >= 0.3 is 0 Å². The molecule has 30 heavy (non-hydrogen) atoms. The first kappa shape index (κ1) is 21.2. The fraction of sp³-hybridized carbons (Fsp3) is 0.350. The van der Waals surface area contributed by atoms with Crippen molar-refractivity contribution in [3.63, 3.8) is 0 Å². The van der Waals surface area contributed by atoms with Crippen LogP contribution in [0.3, 0.4) is 0 Å². The smallest absolute Gasteiger partial charge is 0.253 e. The zero-order chi connectivity index (χ0) is 21.3. The third-order valence-electron chi connectivity index (χ3n) is 5.05. The molecule has 0 unspecified atom stereocenters. The van der Waals surface area contributed by atoms with Crippen LogP contribution in [-0.2, 0) is 10.0 Å². The molecule has 0 radical (unpaired) electrons. The van der Waals surface area contributed by atoms with E-state index in [1.165, 1.54) is 22.5 Å². The van der Waals surface area contributed by atoms with E-state index in [2.05, 4.69) is 0 Å². The maximum Gasteiger partial charge on any atom is 0.253 e. The van der Waals surface area contributed by atoms with Gasteiger partial charge in [-0.05, 0) is 30.3 Å². The van der Waals surface area contributed by atoms with Crippen LogP contribution in [0.25, 0.3) is 0 Å². The minimum absolute atomic E-state index is 0.149. The molecular weight excluding hydrogens is 451 g/mol. The van der Waals surface area contributed by atoms with Gasteiger partial charge in [0.2, 0.25) is 10.0 Å². The Hall–Kier alpha value is -2.00. The van der Waals surface area contributed by atoms with Crippen LogP contribution in [0.15, 0.2) is 41.3 Å². The number of amides is 1. The normalized spacial score (nSPS) is 17.5. The van der Waals surface area contributed by atoms with Crippen LogP contribution in [0.5, 0.6) is 11.5 Å². The summed E-state index contributed by atoms with van der Waals surface area (Å²) in [5.74, 6) is 0.770. The summed E-state index contributed by atoms with van der Waals surface area (Å²) >= 11 is 11.9. The van der Waals surface area contributed by atoms with Crippen LogP contribution < -0.4 is 9.47 Å². The molecular formula is C20H20Cl2N2O5S. The summed E-state index contributed by atoms with van der Waals surface area (Å²) in [5.41, 5.74) is 0.420. The molecule has 0 N–H and O–H groups in total. The molecule has 10 heteroatoms. The lowest BCUT2D eigenvalue weighted by atomic mass is 10.2. The Labute approximate surface area is 185 Å². The van der Waals surface area contributed by atoms with E-state index in [0.29, 0.717) is 40.3 Å². The zero-order valence-corrected chi connectivity index (χ0v) is 18.3. The molecule has 2 aromatic carbocycles. The molecule has 0 spiro atoms. The summed E-state index contributed by atoms with van der Waals surface area (Å²) in [7, 11) is -3.71. The van der Waals surface area contributed by atoms with Crippen LogP contribution in [0, 0.1) is 0 Å². The molecule has 1 saturated heterocycles. The van der Waals surface area contributed by atoms with Crippen LogP contribution in [0.2, 0.25) is 10.0 Å². The van der Waals surface area contributed by atoms with Crippen LogP contribution in [0.4, 0.5) is 0 Å². The summed E-state index contributed by atoms with van der Waals surface area (Å²) in [6, 6.07) is 9.35. The molecule has 160 valence electrons. The largest absolute Gasteiger partial charge is 0.490 e. The van der Waals surface area contributed by atoms with Crippen LogP contribution in [0.1, 0.15) is 16.8 Å². The van der Waals surface area contributed by atoms with Crippen molar-refractivity contribution in [2.75, 3.05) is 39.4 Å². The summed E-state index contributed by atoms with van der Waals surface area (Å²) < 4.78 is 38.7. The Morgan fingerprint density at radius 1 is 0.867 bits per heavy atom. The molecule has 1 amide bonds. The predicted molar refractivity (Wildman–Crippen MR) is 113 cm³/mol. The highest BCUT2D eigenvalue weighted by atomic mass is 35.5. The van der Waals surface area contributed by atoms with Gasteiger partial charge in [0, 0.05) is 44.2 Å². The van der Waals surface area contributed by atoms with Crippen LogP contribution >= 0.6 is 23.2 Å². The molecule has 1 fully saturated rings. The van der Waals surface area contributed by atoms with Gasteiger partial charge in [-0.3, -0.25) is 4.79 Å². The number of rotatable bonds is 3. The highest BCUT2D eigenvalue weighted by Gasteiger charge is 2.31. The number of nitrogens with zero attached hydrogens (tertiary/aromatic N) is 2. The standard InChI is InChI=1S/C20H20Cl2N2O5S/c21-16-4-2-14(12-17(16)22)20(25)23-6-8-24(9-7-23)30(26,27)15-3-5-18-19(13-15)29-11-1-10-28-18/h2-5,12-13H,1,6-11H2. The number of piperazine rings is 1. The highest BCUT2D eigenvalue weighted by Crippen LogP contribution is 2.33. The molecule has 0 saturated carbocycles. The molecule has 7 nitrogen and oxygen atoms in total. The number of carbonyl (C=O) groups excluding carboxylic acids is 1. The number of ether oxygens (including phenoxy) is 2. The Morgan fingerprint density at radius 2 is 1.57 bits per heavy atom. The van der Waals surface area contributed by atoms with Crippen molar-refractivity contribution in [2.24, 2.45) is 0 Å². The van der Waals surface area contributed by atoms with Gasteiger partial charge in [0.1, 0.15) is 0 Å². The van der Waals surface area contributed by atoms with Crippen molar-refractivity contribution in [1.29, 1.82) is 0 Å². The van der Waals surface area contributed by atoms with Crippen molar-refractivity contribution in [3.05, 3.63) is 52.0 Å². The molecule has 2 heterocycles. The van der Waals surface area contributed by atoms with Gasteiger partial charge in [-0.2, -0.15) is 4.31 Å². The first-order valence-electron chi connectivity index (χ1n) is 9.50. The van der Waals surface area contributed by atoms with Gasteiger partial charge < -0.3 is 14.4 Å². The minimum Gasteiger partial charge on any atom is -0.490 e. The lowest BCUT2D eigenvalue weighted by Gasteiger charge is -2.34. The Morgan fingerprint density at radius 3 is 2.27 bits per heavy atom. The molecule has 2 aliphatic rings. The molecule has 0 atom stereocenters. The van der Waals surface area contributed by atoms with E-state index in [1.807, 2.05) is 0 Å². The lowest BCUT2D eigenvalue weighted by molar-refractivity contribution is 0.0698. The quantitative estimate of drug-likeness (QED) is 0.687. The number of carbonyl (C=O) groups is 1. The monoisotopic (exact) mass is 470 g/mol. The SMILES string of the molecule is O=C(c1ccc(Cl)c(Cl)c1)N1CCN(S(=O)(=O)c2ccc3c(c2)OCCCO3)CC1. The van der Waals surface area contributed by atoms with Crippen molar-refractivity contribution in [2.45, 2.75) is 11.3 Å². The number of hydrogen-bond donors (Lipinski definition) is 0. The Kier molecular flexibility index (Phi) is 6.11. The third-order valence-corrected chi connectivity index (χ3v) is 7.68. The first-order valence-corrected chi connectivity index (χ1v) is 11.7. The molecule has 0 bridgehead atoms. The molecule has 0 aliphatic carbocycles. The van der Waals surface area contributed by atoms with Crippen molar-refractivity contribution >= 4 is 39.1 Å². The van der Waals surface area contributed by atoms with Gasteiger partial charge in [0.25, 0.3) is 5.91 Å². The fourth-order valence-corrected chi connectivity index (χ4v) is 5.13. The van der Waals surface area contributed by atoms with Crippen molar-refractivity contribution in [3.8, 4) is 11.5 Å². The predicted octanol–water partition coefficient (Wildman–Crippen LogP) is 3.30. The van der Waals surface area contributed by atoms with E-state index in [4.69, 9.17) is 32.7 Å².